The molecule has 1 atom stereocenters. The van der Waals surface area contributed by atoms with E-state index in [4.69, 9.17) is 4.74 Å². The van der Waals surface area contributed by atoms with Gasteiger partial charge in [-0.15, -0.1) is 0 Å². The quantitative estimate of drug-likeness (QED) is 0.732. The molecule has 1 saturated heterocycles. The molecule has 2 N–H and O–H groups in total. The zero-order chi connectivity index (χ0) is 19.8. The number of ether oxygens (including phenoxy) is 1. The van der Waals surface area contributed by atoms with E-state index in [1.807, 2.05) is 30.3 Å². The number of carbonyl (C=O) groups is 1. The molecule has 2 aromatic rings. The van der Waals surface area contributed by atoms with Crippen LogP contribution in [0, 0.1) is 5.82 Å². The topological polar surface area (TPSA) is 61.8 Å². The van der Waals surface area contributed by atoms with Crippen LogP contribution in [0.4, 0.5) is 4.39 Å². The Balaban J connectivity index is 1.33. The van der Waals surface area contributed by atoms with Gasteiger partial charge in [-0.05, 0) is 31.0 Å². The summed E-state index contributed by atoms with van der Waals surface area (Å²) in [6.45, 7) is 2.45. The molecule has 0 spiro atoms. The molecule has 1 aliphatic rings. The van der Waals surface area contributed by atoms with Gasteiger partial charge >= 0.3 is 0 Å². The lowest BCUT2D eigenvalue weighted by molar-refractivity contribution is 0.00501. The predicted octanol–water partition coefficient (Wildman–Crippen LogP) is 2.60. The van der Waals surface area contributed by atoms with E-state index >= 15 is 0 Å². The maximum absolute atomic E-state index is 13.5. The van der Waals surface area contributed by atoms with Crippen LogP contribution in [0.25, 0.3) is 0 Å². The molecule has 1 unspecified atom stereocenters. The summed E-state index contributed by atoms with van der Waals surface area (Å²) in [4.78, 5) is 14.4. The Morgan fingerprint density at radius 1 is 1.14 bits per heavy atom. The van der Waals surface area contributed by atoms with Crippen molar-refractivity contribution in [2.24, 2.45) is 0 Å². The second-order valence-corrected chi connectivity index (χ2v) is 7.17. The normalized spacial score (nSPS) is 16.6. The standard InChI is InChI=1S/C22H27FN2O3/c23-21-9-5-4-8-18(21)15-28-16-20(26)14-25-12-10-19(11-13-25)24-22(27)17-6-2-1-3-7-17/h1-9,19-20,26H,10-16H2,(H,24,27). The monoisotopic (exact) mass is 386 g/mol. The molecular weight excluding hydrogens is 359 g/mol. The third-order valence-corrected chi connectivity index (χ3v) is 4.95. The largest absolute Gasteiger partial charge is 0.389 e. The number of nitrogens with zero attached hydrogens (tertiary/aromatic N) is 1. The van der Waals surface area contributed by atoms with Crippen molar-refractivity contribution in [3.8, 4) is 0 Å². The molecule has 1 heterocycles. The minimum atomic E-state index is -0.623. The van der Waals surface area contributed by atoms with Gasteiger partial charge in [0.25, 0.3) is 5.91 Å². The highest BCUT2D eigenvalue weighted by Gasteiger charge is 2.22. The Kier molecular flexibility index (Phi) is 7.54. The van der Waals surface area contributed by atoms with Crippen LogP contribution in [0.15, 0.2) is 54.6 Å². The van der Waals surface area contributed by atoms with Crippen molar-refractivity contribution < 1.29 is 19.0 Å². The number of benzene rings is 2. The third-order valence-electron chi connectivity index (χ3n) is 4.95. The number of hydrogen-bond donors (Lipinski definition) is 2. The summed E-state index contributed by atoms with van der Waals surface area (Å²) in [6, 6.07) is 15.8. The molecule has 1 aliphatic heterocycles. The molecule has 0 radical (unpaired) electrons. The number of likely N-dealkylation sites (tertiary alicyclic amines) is 1. The van der Waals surface area contributed by atoms with E-state index in [0.717, 1.165) is 25.9 Å². The van der Waals surface area contributed by atoms with E-state index in [1.165, 1.54) is 6.07 Å². The molecule has 1 fully saturated rings. The van der Waals surface area contributed by atoms with Crippen molar-refractivity contribution in [2.45, 2.75) is 31.6 Å². The van der Waals surface area contributed by atoms with Crippen LogP contribution in [0.1, 0.15) is 28.8 Å². The number of aliphatic hydroxyl groups excluding tert-OH is 1. The van der Waals surface area contributed by atoms with E-state index in [9.17, 15) is 14.3 Å². The molecule has 5 nitrogen and oxygen atoms in total. The molecule has 0 saturated carbocycles. The molecule has 0 aromatic heterocycles. The first-order valence-electron chi connectivity index (χ1n) is 9.69. The lowest BCUT2D eigenvalue weighted by atomic mass is 10.0. The highest BCUT2D eigenvalue weighted by Crippen LogP contribution is 2.13. The van der Waals surface area contributed by atoms with E-state index in [0.29, 0.717) is 17.7 Å². The van der Waals surface area contributed by atoms with Gasteiger partial charge in [-0.3, -0.25) is 4.79 Å². The van der Waals surface area contributed by atoms with Crippen molar-refractivity contribution >= 4 is 5.91 Å². The van der Waals surface area contributed by atoms with Gasteiger partial charge in [0.05, 0.1) is 19.3 Å². The van der Waals surface area contributed by atoms with Crippen LogP contribution in [0.3, 0.4) is 0 Å². The Bertz CT molecular complexity index is 748. The van der Waals surface area contributed by atoms with Gasteiger partial charge in [0.15, 0.2) is 0 Å². The van der Waals surface area contributed by atoms with Gasteiger partial charge in [-0.2, -0.15) is 0 Å². The lowest BCUT2D eigenvalue weighted by Crippen LogP contribution is -2.47. The van der Waals surface area contributed by atoms with Gasteiger partial charge < -0.3 is 20.1 Å². The SMILES string of the molecule is O=C(NC1CCN(CC(O)COCc2ccccc2F)CC1)c1ccccc1. The van der Waals surface area contributed by atoms with Crippen molar-refractivity contribution in [3.63, 3.8) is 0 Å². The maximum Gasteiger partial charge on any atom is 0.251 e. The van der Waals surface area contributed by atoms with Crippen LogP contribution >= 0.6 is 0 Å². The zero-order valence-electron chi connectivity index (χ0n) is 15.9. The third kappa shape index (κ3) is 6.12. The first-order valence-corrected chi connectivity index (χ1v) is 9.69. The lowest BCUT2D eigenvalue weighted by Gasteiger charge is -2.33. The summed E-state index contributed by atoms with van der Waals surface area (Å²) in [7, 11) is 0. The Morgan fingerprint density at radius 2 is 1.82 bits per heavy atom. The van der Waals surface area contributed by atoms with Crippen molar-refractivity contribution in [3.05, 3.63) is 71.5 Å². The number of rotatable bonds is 8. The molecule has 6 heteroatoms. The predicted molar refractivity (Wildman–Crippen MR) is 105 cm³/mol. The van der Waals surface area contributed by atoms with Gasteiger partial charge in [-0.25, -0.2) is 4.39 Å². The highest BCUT2D eigenvalue weighted by molar-refractivity contribution is 5.94. The van der Waals surface area contributed by atoms with Crippen molar-refractivity contribution in [1.29, 1.82) is 0 Å². The van der Waals surface area contributed by atoms with Gasteiger partial charge in [-0.1, -0.05) is 36.4 Å². The summed E-state index contributed by atoms with van der Waals surface area (Å²) in [5, 5.41) is 13.3. The number of nitrogens with one attached hydrogen (secondary N) is 1. The molecule has 0 bridgehead atoms. The van der Waals surface area contributed by atoms with Gasteiger partial charge in [0.1, 0.15) is 5.82 Å². The van der Waals surface area contributed by atoms with Crippen LogP contribution in [0.2, 0.25) is 0 Å². The Morgan fingerprint density at radius 3 is 2.54 bits per heavy atom. The molecule has 28 heavy (non-hydrogen) atoms. The molecule has 150 valence electrons. The fraction of sp³-hybridized carbons (Fsp3) is 0.409. The number of halogens is 1. The number of carbonyl (C=O) groups excluding carboxylic acids is 1. The number of aliphatic hydroxyl groups is 1. The number of hydrogen-bond acceptors (Lipinski definition) is 4. The Labute approximate surface area is 165 Å². The molecule has 0 aliphatic carbocycles. The molecule has 1 amide bonds. The van der Waals surface area contributed by atoms with Gasteiger partial charge in [0.2, 0.25) is 0 Å². The first-order chi connectivity index (χ1) is 13.6. The molecule has 3 rings (SSSR count). The fourth-order valence-corrected chi connectivity index (χ4v) is 3.39. The number of piperidine rings is 1. The Hall–Kier alpha value is -2.28. The average Bonchev–Trinajstić information content (AvgIpc) is 2.71. The van der Waals surface area contributed by atoms with Crippen LogP contribution in [-0.4, -0.2) is 54.3 Å². The van der Waals surface area contributed by atoms with E-state index in [-0.39, 0.29) is 31.0 Å². The summed E-state index contributed by atoms with van der Waals surface area (Å²) in [5.41, 5.74) is 1.16. The fourth-order valence-electron chi connectivity index (χ4n) is 3.39. The minimum Gasteiger partial charge on any atom is -0.389 e. The molecule has 2 aromatic carbocycles. The highest BCUT2D eigenvalue weighted by atomic mass is 19.1. The summed E-state index contributed by atoms with van der Waals surface area (Å²) in [6.07, 6.45) is 1.07. The summed E-state index contributed by atoms with van der Waals surface area (Å²) in [5.74, 6) is -0.336. The van der Waals surface area contributed by atoms with Crippen LogP contribution < -0.4 is 5.32 Å². The van der Waals surface area contributed by atoms with Crippen molar-refractivity contribution in [1.82, 2.24) is 10.2 Å². The maximum atomic E-state index is 13.5. The van der Waals surface area contributed by atoms with E-state index in [1.54, 1.807) is 18.2 Å². The first kappa shape index (κ1) is 20.5. The second-order valence-electron chi connectivity index (χ2n) is 7.17. The van der Waals surface area contributed by atoms with E-state index < -0.39 is 6.10 Å². The minimum absolute atomic E-state index is 0.0411. The summed E-state index contributed by atoms with van der Waals surface area (Å²) < 4.78 is 19.0. The van der Waals surface area contributed by atoms with E-state index in [2.05, 4.69) is 10.2 Å². The van der Waals surface area contributed by atoms with Gasteiger partial charge in [0, 0.05) is 36.8 Å². The second kappa shape index (κ2) is 10.3. The molecular formula is C22H27FN2O3. The zero-order valence-corrected chi connectivity index (χ0v) is 15.9. The number of amides is 1. The van der Waals surface area contributed by atoms with Crippen LogP contribution in [0.5, 0.6) is 0 Å². The van der Waals surface area contributed by atoms with Crippen LogP contribution in [-0.2, 0) is 11.3 Å². The number of β-amino-alcohol motifs (C(OH)–C–C–N with tert-alkyl or cyclic N) is 1. The average molecular weight is 386 g/mol. The smallest absolute Gasteiger partial charge is 0.251 e. The summed E-state index contributed by atoms with van der Waals surface area (Å²) >= 11 is 0. The van der Waals surface area contributed by atoms with Crippen molar-refractivity contribution in [2.75, 3.05) is 26.2 Å².